The van der Waals surface area contributed by atoms with Crippen molar-refractivity contribution in [2.75, 3.05) is 0 Å². The molecule has 0 saturated heterocycles. The van der Waals surface area contributed by atoms with Gasteiger partial charge in [0.15, 0.2) is 0 Å². The third-order valence-electron chi connectivity index (χ3n) is 4.83. The van der Waals surface area contributed by atoms with Gasteiger partial charge >= 0.3 is 5.92 Å². The quantitative estimate of drug-likeness (QED) is 0.390. The van der Waals surface area contributed by atoms with Gasteiger partial charge in [-0.2, -0.15) is 14.0 Å². The van der Waals surface area contributed by atoms with E-state index in [1.54, 1.807) is 4.57 Å². The van der Waals surface area contributed by atoms with Crippen molar-refractivity contribution in [2.45, 2.75) is 5.92 Å². The minimum absolute atomic E-state index is 0.0852. The Hall–Kier alpha value is -3.33. The Kier molecular flexibility index (Phi) is 2.67. The molecule has 2 heterocycles. The number of nitriles is 1. The van der Waals surface area contributed by atoms with Crippen LogP contribution in [-0.4, -0.2) is 4.57 Å². The van der Waals surface area contributed by atoms with Crippen LogP contribution in [0.3, 0.4) is 0 Å². The highest BCUT2D eigenvalue weighted by atomic mass is 19.3. The lowest BCUT2D eigenvalue weighted by molar-refractivity contribution is 0.0423. The van der Waals surface area contributed by atoms with Gasteiger partial charge in [-0.1, -0.05) is 0 Å². The molecule has 0 spiro atoms. The summed E-state index contributed by atoms with van der Waals surface area (Å²) in [4.78, 5) is 0. The Morgan fingerprint density at radius 1 is 0.846 bits per heavy atom. The van der Waals surface area contributed by atoms with Crippen LogP contribution in [0, 0.1) is 23.0 Å². The monoisotopic (exact) mass is 352 g/mol. The number of hydrogen-bond donors (Lipinski definition) is 0. The first-order valence-corrected chi connectivity index (χ1v) is 7.78. The van der Waals surface area contributed by atoms with E-state index in [-0.39, 0.29) is 27.7 Å². The van der Waals surface area contributed by atoms with Gasteiger partial charge in [-0.15, -0.1) is 0 Å². The molecule has 1 aliphatic heterocycles. The van der Waals surface area contributed by atoms with Crippen LogP contribution >= 0.6 is 0 Å². The van der Waals surface area contributed by atoms with Gasteiger partial charge in [-0.25, -0.2) is 8.78 Å². The standard InChI is InChI=1S/C20H8F4N2/c21-11-2-4-17-13(6-11)14-7-12(22)8-16-19(14)26(17)18-3-1-10(9-25)5-15(18)20(16,23)24/h1-8H. The maximum absolute atomic E-state index is 15.2. The Morgan fingerprint density at radius 3 is 2.38 bits per heavy atom. The van der Waals surface area contributed by atoms with Crippen molar-refractivity contribution in [1.82, 2.24) is 4.57 Å². The lowest BCUT2D eigenvalue weighted by Gasteiger charge is -2.28. The Balaban J connectivity index is 2.09. The van der Waals surface area contributed by atoms with Gasteiger partial charge in [0.1, 0.15) is 11.6 Å². The number of benzene rings is 3. The number of aromatic nitrogens is 1. The van der Waals surface area contributed by atoms with Gasteiger partial charge in [0.05, 0.1) is 39.5 Å². The van der Waals surface area contributed by atoms with Gasteiger partial charge in [0.2, 0.25) is 0 Å². The van der Waals surface area contributed by atoms with E-state index in [1.165, 1.54) is 30.3 Å². The summed E-state index contributed by atoms with van der Waals surface area (Å²) >= 11 is 0. The molecule has 0 radical (unpaired) electrons. The summed E-state index contributed by atoms with van der Waals surface area (Å²) in [6.07, 6.45) is 0. The molecule has 26 heavy (non-hydrogen) atoms. The molecule has 0 atom stereocenters. The van der Waals surface area contributed by atoms with Crippen molar-refractivity contribution < 1.29 is 17.6 Å². The van der Waals surface area contributed by atoms with E-state index in [9.17, 15) is 8.78 Å². The minimum atomic E-state index is -3.48. The summed E-state index contributed by atoms with van der Waals surface area (Å²) in [7, 11) is 0. The van der Waals surface area contributed by atoms with E-state index in [0.29, 0.717) is 10.9 Å². The molecule has 0 saturated carbocycles. The molecule has 0 amide bonds. The van der Waals surface area contributed by atoms with Crippen LogP contribution in [0.5, 0.6) is 0 Å². The molecule has 2 nitrogen and oxygen atoms in total. The molecule has 0 aliphatic carbocycles. The molecule has 1 aromatic heterocycles. The van der Waals surface area contributed by atoms with Gasteiger partial charge < -0.3 is 4.57 Å². The first-order chi connectivity index (χ1) is 12.4. The van der Waals surface area contributed by atoms with Crippen LogP contribution in [0.2, 0.25) is 0 Å². The van der Waals surface area contributed by atoms with E-state index in [0.717, 1.165) is 18.2 Å². The number of alkyl halides is 2. The average molecular weight is 352 g/mol. The van der Waals surface area contributed by atoms with Crippen LogP contribution < -0.4 is 0 Å². The zero-order valence-corrected chi connectivity index (χ0v) is 13.0. The fourth-order valence-corrected chi connectivity index (χ4v) is 3.77. The summed E-state index contributed by atoms with van der Waals surface area (Å²) in [5.74, 6) is -4.84. The fraction of sp³-hybridized carbons (Fsp3) is 0.0500. The topological polar surface area (TPSA) is 28.7 Å². The second-order valence-electron chi connectivity index (χ2n) is 6.26. The Bertz CT molecular complexity index is 1300. The zero-order chi connectivity index (χ0) is 18.2. The SMILES string of the molecule is N#Cc1ccc2c(c1)C(F)(F)c1cc(F)cc3c4cc(F)ccc4n-2c13. The molecule has 4 aromatic rings. The van der Waals surface area contributed by atoms with Crippen molar-refractivity contribution in [2.24, 2.45) is 0 Å². The van der Waals surface area contributed by atoms with Gasteiger partial charge in [0.25, 0.3) is 0 Å². The summed E-state index contributed by atoms with van der Waals surface area (Å²) in [6.45, 7) is 0. The molecule has 0 N–H and O–H groups in total. The maximum Gasteiger partial charge on any atom is 0.302 e. The highest BCUT2D eigenvalue weighted by Gasteiger charge is 2.43. The smallest absolute Gasteiger partial charge is 0.302 e. The molecular formula is C20H8F4N2. The zero-order valence-electron chi connectivity index (χ0n) is 13.0. The van der Waals surface area contributed by atoms with E-state index < -0.39 is 23.1 Å². The average Bonchev–Trinajstić information content (AvgIpc) is 2.93. The molecule has 126 valence electrons. The second-order valence-corrected chi connectivity index (χ2v) is 6.26. The third kappa shape index (κ3) is 1.70. The predicted molar refractivity (Wildman–Crippen MR) is 88.4 cm³/mol. The van der Waals surface area contributed by atoms with Gasteiger partial charge in [-0.05, 0) is 48.5 Å². The molecule has 0 fully saturated rings. The van der Waals surface area contributed by atoms with Crippen molar-refractivity contribution in [3.05, 3.63) is 76.9 Å². The largest absolute Gasteiger partial charge is 0.308 e. The molecule has 6 heteroatoms. The molecule has 3 aromatic carbocycles. The molecule has 0 bridgehead atoms. The highest BCUT2D eigenvalue weighted by Crippen LogP contribution is 2.49. The van der Waals surface area contributed by atoms with E-state index >= 15 is 8.78 Å². The summed E-state index contributed by atoms with van der Waals surface area (Å²) < 4.78 is 59.8. The Labute approximate surface area is 144 Å². The van der Waals surface area contributed by atoms with Crippen LogP contribution in [0.4, 0.5) is 17.6 Å². The fourth-order valence-electron chi connectivity index (χ4n) is 3.77. The minimum Gasteiger partial charge on any atom is -0.308 e. The van der Waals surface area contributed by atoms with Crippen LogP contribution in [0.15, 0.2) is 48.5 Å². The number of halogens is 4. The van der Waals surface area contributed by atoms with Crippen LogP contribution in [0.1, 0.15) is 16.7 Å². The number of nitrogens with zero attached hydrogens (tertiary/aromatic N) is 2. The lowest BCUT2D eigenvalue weighted by atomic mass is 9.92. The van der Waals surface area contributed by atoms with Crippen molar-refractivity contribution in [1.29, 1.82) is 5.26 Å². The van der Waals surface area contributed by atoms with Crippen LogP contribution in [-0.2, 0) is 5.92 Å². The summed E-state index contributed by atoms with van der Waals surface area (Å²) in [6, 6.07) is 11.7. The number of hydrogen-bond acceptors (Lipinski definition) is 1. The highest BCUT2D eigenvalue weighted by molar-refractivity contribution is 6.11. The van der Waals surface area contributed by atoms with E-state index in [4.69, 9.17) is 5.26 Å². The van der Waals surface area contributed by atoms with E-state index in [1.807, 2.05) is 6.07 Å². The van der Waals surface area contributed by atoms with Gasteiger partial charge in [0, 0.05) is 10.8 Å². The van der Waals surface area contributed by atoms with Crippen molar-refractivity contribution in [3.8, 4) is 11.8 Å². The predicted octanol–water partition coefficient (Wildman–Crippen LogP) is 5.39. The summed E-state index contributed by atoms with van der Waals surface area (Å²) in [5, 5.41) is 9.64. The third-order valence-corrected chi connectivity index (χ3v) is 4.83. The number of fused-ring (bicyclic) bond motifs is 5. The Morgan fingerprint density at radius 2 is 1.62 bits per heavy atom. The molecule has 1 aliphatic rings. The van der Waals surface area contributed by atoms with Crippen molar-refractivity contribution >= 4 is 21.8 Å². The van der Waals surface area contributed by atoms with E-state index in [2.05, 4.69) is 0 Å². The molecule has 5 rings (SSSR count). The normalized spacial score (nSPS) is 14.4. The lowest BCUT2D eigenvalue weighted by Crippen LogP contribution is -2.24. The van der Waals surface area contributed by atoms with Gasteiger partial charge in [-0.3, -0.25) is 0 Å². The van der Waals surface area contributed by atoms with Crippen LogP contribution in [0.25, 0.3) is 27.5 Å². The van der Waals surface area contributed by atoms with Crippen molar-refractivity contribution in [3.63, 3.8) is 0 Å². The summed E-state index contributed by atoms with van der Waals surface area (Å²) in [5.41, 5.74) is 0.0510. The second kappa shape index (κ2) is 4.64. The molecular weight excluding hydrogens is 344 g/mol. The maximum atomic E-state index is 15.2. The first-order valence-electron chi connectivity index (χ1n) is 7.78. The number of rotatable bonds is 0. The molecule has 0 unspecified atom stereocenters. The first kappa shape index (κ1) is 15.0.